The van der Waals surface area contributed by atoms with E-state index in [1.165, 1.54) is 39.5 Å². The zero-order valence-electron chi connectivity index (χ0n) is 17.7. The highest BCUT2D eigenvalue weighted by Gasteiger charge is 2.35. The molecule has 1 atom stereocenters. The van der Waals surface area contributed by atoms with Crippen LogP contribution in [-0.2, 0) is 7.05 Å². The second kappa shape index (κ2) is 7.34. The monoisotopic (exact) mass is 392 g/mol. The lowest BCUT2D eigenvalue weighted by atomic mass is 9.95. The molecule has 30 heavy (non-hydrogen) atoms. The number of allylic oxidation sites excluding steroid dienone is 1. The van der Waals surface area contributed by atoms with Gasteiger partial charge in [0.25, 0.3) is 0 Å². The van der Waals surface area contributed by atoms with Crippen LogP contribution in [0.2, 0.25) is 0 Å². The van der Waals surface area contributed by atoms with E-state index in [0.717, 1.165) is 0 Å². The van der Waals surface area contributed by atoms with Gasteiger partial charge in [-0.15, -0.1) is 9.36 Å². The fraction of sp³-hybridized carbons (Fsp3) is 0.148. The van der Waals surface area contributed by atoms with Gasteiger partial charge in [-0.1, -0.05) is 60.7 Å². The molecule has 3 heteroatoms. The third kappa shape index (κ3) is 3.03. The highest BCUT2D eigenvalue weighted by Crippen LogP contribution is 2.39. The number of benzene rings is 3. The number of anilines is 1. The van der Waals surface area contributed by atoms with Crippen molar-refractivity contribution in [2.24, 2.45) is 7.05 Å². The molecule has 1 aliphatic heterocycles. The van der Waals surface area contributed by atoms with Crippen LogP contribution in [0.4, 0.5) is 5.69 Å². The summed E-state index contributed by atoms with van der Waals surface area (Å²) < 4.78 is 4.62. The van der Waals surface area contributed by atoms with Gasteiger partial charge in [0.15, 0.2) is 7.05 Å². The lowest BCUT2D eigenvalue weighted by Crippen LogP contribution is -2.39. The second-order valence-electron chi connectivity index (χ2n) is 8.04. The third-order valence-corrected chi connectivity index (χ3v) is 5.96. The maximum atomic E-state index is 2.35. The van der Waals surface area contributed by atoms with Gasteiger partial charge < -0.3 is 4.90 Å². The van der Waals surface area contributed by atoms with Gasteiger partial charge in [0.05, 0.1) is 5.92 Å². The Labute approximate surface area is 178 Å². The Kier molecular flexibility index (Phi) is 4.51. The summed E-state index contributed by atoms with van der Waals surface area (Å²) in [6, 6.07) is 30.4. The largest absolute Gasteiger partial charge is 0.378 e. The number of hydrogen-bond acceptors (Lipinski definition) is 1. The summed E-state index contributed by atoms with van der Waals surface area (Å²) in [5.74, 6) is 0.235. The van der Waals surface area contributed by atoms with E-state index < -0.39 is 0 Å². The average Bonchev–Trinajstić information content (AvgIpc) is 3.28. The Bertz CT molecular complexity index is 1210. The van der Waals surface area contributed by atoms with Crippen LogP contribution in [0.5, 0.6) is 0 Å². The summed E-state index contributed by atoms with van der Waals surface area (Å²) in [7, 11) is 6.28. The molecule has 4 aromatic rings. The van der Waals surface area contributed by atoms with Gasteiger partial charge in [0, 0.05) is 31.4 Å². The molecule has 0 amide bonds. The van der Waals surface area contributed by atoms with Crippen molar-refractivity contribution >= 4 is 11.8 Å². The number of fused-ring (bicyclic) bond motifs is 3. The van der Waals surface area contributed by atoms with E-state index in [1.54, 1.807) is 0 Å². The molecule has 5 rings (SSSR count). The first-order valence-corrected chi connectivity index (χ1v) is 10.4. The second-order valence-corrected chi connectivity index (χ2v) is 8.04. The van der Waals surface area contributed by atoms with E-state index in [0.29, 0.717) is 0 Å². The van der Waals surface area contributed by atoms with Crippen molar-refractivity contribution in [3.05, 3.63) is 108 Å². The Morgan fingerprint density at radius 3 is 2.30 bits per heavy atom. The van der Waals surface area contributed by atoms with Crippen molar-refractivity contribution in [2.45, 2.75) is 5.92 Å². The van der Waals surface area contributed by atoms with Crippen molar-refractivity contribution in [1.82, 2.24) is 4.68 Å². The first-order chi connectivity index (χ1) is 14.6. The molecular formula is C27H26N3+. The summed E-state index contributed by atoms with van der Waals surface area (Å²) in [4.78, 5) is 2.12. The maximum Gasteiger partial charge on any atom is 0.239 e. The normalized spacial score (nSPS) is 14.7. The molecule has 1 unspecified atom stereocenters. The molecule has 0 fully saturated rings. The van der Waals surface area contributed by atoms with Crippen LogP contribution in [0.15, 0.2) is 91.0 Å². The number of para-hydroxylation sites is 1. The fourth-order valence-corrected chi connectivity index (χ4v) is 4.37. The highest BCUT2D eigenvalue weighted by molar-refractivity contribution is 5.64. The molecule has 148 valence electrons. The lowest BCUT2D eigenvalue weighted by molar-refractivity contribution is -0.734. The van der Waals surface area contributed by atoms with Crippen molar-refractivity contribution in [3.8, 4) is 16.9 Å². The minimum Gasteiger partial charge on any atom is -0.378 e. The Hall–Kier alpha value is -3.59. The average molecular weight is 393 g/mol. The molecule has 0 N–H and O–H groups in total. The first-order valence-electron chi connectivity index (χ1n) is 10.4. The van der Waals surface area contributed by atoms with E-state index in [2.05, 4.69) is 132 Å². The first kappa shape index (κ1) is 18.4. The zero-order chi connectivity index (χ0) is 20.7. The smallest absolute Gasteiger partial charge is 0.239 e. The minimum atomic E-state index is 0.235. The topological polar surface area (TPSA) is 12.1 Å². The summed E-state index contributed by atoms with van der Waals surface area (Å²) in [6.45, 7) is 0. The van der Waals surface area contributed by atoms with Gasteiger partial charge in [-0.2, -0.15) is 0 Å². The van der Waals surface area contributed by atoms with Gasteiger partial charge >= 0.3 is 0 Å². The predicted octanol–water partition coefficient (Wildman–Crippen LogP) is 5.19. The van der Waals surface area contributed by atoms with E-state index >= 15 is 0 Å². The minimum absolute atomic E-state index is 0.235. The van der Waals surface area contributed by atoms with Crippen molar-refractivity contribution in [2.75, 3.05) is 19.0 Å². The highest BCUT2D eigenvalue weighted by atomic mass is 15.4. The standard InChI is InChI=1S/C27H26N3/c1-28(2)22-16-13-20(14-17-22)15-18-24-23-11-7-8-12-25(23)30-27(24)19-26(29(30)3)21-9-5-4-6-10-21/h4-19,24H,1-3H3/q+1/b18-15+. The van der Waals surface area contributed by atoms with Crippen LogP contribution in [-0.4, -0.2) is 18.8 Å². The molecule has 0 spiro atoms. The lowest BCUT2D eigenvalue weighted by Gasteiger charge is -2.12. The van der Waals surface area contributed by atoms with Crippen LogP contribution < -0.4 is 9.58 Å². The Balaban J connectivity index is 1.57. The molecule has 3 nitrogen and oxygen atoms in total. The van der Waals surface area contributed by atoms with Crippen molar-refractivity contribution in [1.29, 1.82) is 0 Å². The molecule has 0 aliphatic carbocycles. The molecular weight excluding hydrogens is 366 g/mol. The van der Waals surface area contributed by atoms with E-state index in [9.17, 15) is 0 Å². The molecule has 1 aromatic heterocycles. The number of nitrogens with zero attached hydrogens (tertiary/aromatic N) is 3. The molecule has 0 saturated carbocycles. The van der Waals surface area contributed by atoms with Crippen LogP contribution in [0.25, 0.3) is 23.0 Å². The molecule has 2 heterocycles. The van der Waals surface area contributed by atoms with Crippen LogP contribution in [0.3, 0.4) is 0 Å². The van der Waals surface area contributed by atoms with Crippen molar-refractivity contribution in [3.63, 3.8) is 0 Å². The summed E-state index contributed by atoms with van der Waals surface area (Å²) in [5, 5.41) is 0. The predicted molar refractivity (Wildman–Crippen MR) is 124 cm³/mol. The summed E-state index contributed by atoms with van der Waals surface area (Å²) in [6.07, 6.45) is 4.57. The Morgan fingerprint density at radius 2 is 1.57 bits per heavy atom. The van der Waals surface area contributed by atoms with Crippen LogP contribution >= 0.6 is 0 Å². The molecule has 3 aromatic carbocycles. The van der Waals surface area contributed by atoms with Gasteiger partial charge in [0.1, 0.15) is 11.4 Å². The van der Waals surface area contributed by atoms with Gasteiger partial charge in [-0.25, -0.2) is 0 Å². The van der Waals surface area contributed by atoms with Crippen molar-refractivity contribution < 1.29 is 4.68 Å². The quantitative estimate of drug-likeness (QED) is 0.435. The third-order valence-electron chi connectivity index (χ3n) is 5.96. The molecule has 1 aliphatic rings. The molecule has 0 bridgehead atoms. The number of rotatable bonds is 4. The molecule has 0 radical (unpaired) electrons. The van der Waals surface area contributed by atoms with Gasteiger partial charge in [-0.05, 0) is 41.5 Å². The maximum absolute atomic E-state index is 2.35. The molecule has 0 saturated heterocycles. The van der Waals surface area contributed by atoms with Crippen LogP contribution in [0.1, 0.15) is 22.7 Å². The van der Waals surface area contributed by atoms with E-state index in [-0.39, 0.29) is 5.92 Å². The van der Waals surface area contributed by atoms with E-state index in [1.807, 2.05) is 0 Å². The number of hydrogen-bond donors (Lipinski definition) is 0. The van der Waals surface area contributed by atoms with Gasteiger partial charge in [0.2, 0.25) is 5.69 Å². The van der Waals surface area contributed by atoms with Crippen LogP contribution in [0, 0.1) is 0 Å². The Morgan fingerprint density at radius 1 is 0.867 bits per heavy atom. The zero-order valence-corrected chi connectivity index (χ0v) is 17.7. The fourth-order valence-electron chi connectivity index (χ4n) is 4.37. The number of aromatic nitrogens is 2. The van der Waals surface area contributed by atoms with Gasteiger partial charge in [-0.3, -0.25) is 0 Å². The summed E-state index contributed by atoms with van der Waals surface area (Å²) in [5.41, 5.74) is 8.81. The SMILES string of the molecule is CN(C)c1ccc(/C=C/C2c3ccccc3-n3c2cc(-c2ccccc2)[n+]3C)cc1. The van der Waals surface area contributed by atoms with E-state index in [4.69, 9.17) is 0 Å². The summed E-state index contributed by atoms with van der Waals surface area (Å²) >= 11 is 0.